The number of aromatic hydroxyl groups is 1. The summed E-state index contributed by atoms with van der Waals surface area (Å²) >= 11 is 0. The lowest BCUT2D eigenvalue weighted by Crippen LogP contribution is -2.45. The number of rotatable bonds is 5. The van der Waals surface area contributed by atoms with Crippen LogP contribution in [0.4, 0.5) is 0 Å². The van der Waals surface area contributed by atoms with Gasteiger partial charge in [-0.15, -0.1) is 0 Å². The van der Waals surface area contributed by atoms with E-state index in [1.807, 2.05) is 36.4 Å². The maximum Gasteiger partial charge on any atom is 0.336 e. The molecule has 0 bridgehead atoms. The minimum absolute atomic E-state index is 0.187. The largest absolute Gasteiger partial charge is 0.507 e. The van der Waals surface area contributed by atoms with Crippen molar-refractivity contribution in [1.82, 2.24) is 9.80 Å². The normalized spacial score (nSPS) is 15.2. The second-order valence-corrected chi connectivity index (χ2v) is 8.36. The van der Waals surface area contributed by atoms with Gasteiger partial charge in [-0.1, -0.05) is 60.7 Å². The predicted octanol–water partition coefficient (Wildman–Crippen LogP) is 4.48. The lowest BCUT2D eigenvalue weighted by molar-refractivity contribution is 0.122. The van der Waals surface area contributed by atoms with Crippen molar-refractivity contribution in [2.45, 2.75) is 13.1 Å². The minimum atomic E-state index is -0.361. The van der Waals surface area contributed by atoms with Crippen molar-refractivity contribution < 1.29 is 9.52 Å². The fourth-order valence-electron chi connectivity index (χ4n) is 4.43. The van der Waals surface area contributed by atoms with Gasteiger partial charge in [0.05, 0.1) is 0 Å². The molecular formula is C27H26N2O3. The molecular weight excluding hydrogens is 400 g/mol. The summed E-state index contributed by atoms with van der Waals surface area (Å²) < 4.78 is 5.50. The fraction of sp³-hybridized carbons (Fsp3) is 0.222. The Bertz CT molecular complexity index is 1260. The van der Waals surface area contributed by atoms with E-state index < -0.39 is 0 Å². The highest BCUT2D eigenvalue weighted by atomic mass is 16.4. The van der Waals surface area contributed by atoms with Gasteiger partial charge in [-0.3, -0.25) is 9.80 Å². The summed E-state index contributed by atoms with van der Waals surface area (Å²) in [7, 11) is 0. The Morgan fingerprint density at radius 3 is 2.09 bits per heavy atom. The van der Waals surface area contributed by atoms with Crippen LogP contribution in [0.3, 0.4) is 0 Å². The maximum absolute atomic E-state index is 12.3. The number of piperazine rings is 1. The molecule has 1 saturated heterocycles. The van der Waals surface area contributed by atoms with E-state index in [9.17, 15) is 9.90 Å². The van der Waals surface area contributed by atoms with Crippen LogP contribution in [0.15, 0.2) is 88.1 Å². The van der Waals surface area contributed by atoms with Crippen molar-refractivity contribution in [1.29, 1.82) is 0 Å². The van der Waals surface area contributed by atoms with Gasteiger partial charge in [0.15, 0.2) is 0 Å². The Morgan fingerprint density at radius 1 is 0.781 bits per heavy atom. The van der Waals surface area contributed by atoms with Gasteiger partial charge in [0, 0.05) is 56.3 Å². The zero-order valence-corrected chi connectivity index (χ0v) is 17.9. The van der Waals surface area contributed by atoms with E-state index in [0.717, 1.165) is 49.2 Å². The molecule has 4 aromatic rings. The quantitative estimate of drug-likeness (QED) is 0.477. The highest BCUT2D eigenvalue weighted by Crippen LogP contribution is 2.34. The summed E-state index contributed by atoms with van der Waals surface area (Å²) in [5, 5.41) is 11.5. The molecule has 0 radical (unpaired) electrons. The monoisotopic (exact) mass is 426 g/mol. The van der Waals surface area contributed by atoms with Crippen molar-refractivity contribution in [2.24, 2.45) is 0 Å². The van der Waals surface area contributed by atoms with E-state index >= 15 is 0 Å². The Balaban J connectivity index is 1.34. The molecule has 5 heteroatoms. The molecule has 1 N–H and O–H groups in total. The van der Waals surface area contributed by atoms with Crippen LogP contribution in [-0.4, -0.2) is 41.1 Å². The van der Waals surface area contributed by atoms with Crippen LogP contribution in [0.1, 0.15) is 11.1 Å². The highest BCUT2D eigenvalue weighted by Gasteiger charge is 2.19. The molecule has 0 spiro atoms. The average molecular weight is 427 g/mol. The Morgan fingerprint density at radius 2 is 1.41 bits per heavy atom. The van der Waals surface area contributed by atoms with Gasteiger partial charge in [-0.2, -0.15) is 0 Å². The average Bonchev–Trinajstić information content (AvgIpc) is 2.82. The van der Waals surface area contributed by atoms with Gasteiger partial charge in [-0.25, -0.2) is 4.79 Å². The molecule has 0 amide bonds. The predicted molar refractivity (Wildman–Crippen MR) is 127 cm³/mol. The Hall–Kier alpha value is -3.41. The molecule has 0 atom stereocenters. The van der Waals surface area contributed by atoms with Gasteiger partial charge in [0.25, 0.3) is 0 Å². The summed E-state index contributed by atoms with van der Waals surface area (Å²) in [5.41, 5.74) is 3.91. The number of phenols is 1. The number of benzene rings is 3. The molecule has 1 aliphatic rings. The summed E-state index contributed by atoms with van der Waals surface area (Å²) in [4.78, 5) is 17.1. The van der Waals surface area contributed by atoms with Crippen LogP contribution in [0.25, 0.3) is 22.1 Å². The number of nitrogens with zero attached hydrogens (tertiary/aromatic N) is 2. The van der Waals surface area contributed by atoms with E-state index in [0.29, 0.717) is 17.7 Å². The van der Waals surface area contributed by atoms with Crippen LogP contribution in [-0.2, 0) is 13.1 Å². The molecule has 1 fully saturated rings. The van der Waals surface area contributed by atoms with Crippen LogP contribution < -0.4 is 5.63 Å². The van der Waals surface area contributed by atoms with Crippen LogP contribution in [0.5, 0.6) is 5.75 Å². The second kappa shape index (κ2) is 8.99. The smallest absolute Gasteiger partial charge is 0.336 e. The Kier molecular flexibility index (Phi) is 5.75. The van der Waals surface area contributed by atoms with E-state index in [1.165, 1.54) is 5.56 Å². The number of hydrogen-bond donors (Lipinski definition) is 1. The van der Waals surface area contributed by atoms with Crippen molar-refractivity contribution in [3.63, 3.8) is 0 Å². The van der Waals surface area contributed by atoms with E-state index in [1.54, 1.807) is 18.2 Å². The molecule has 2 heterocycles. The van der Waals surface area contributed by atoms with Crippen LogP contribution >= 0.6 is 0 Å². The third-order valence-corrected chi connectivity index (χ3v) is 6.14. The first-order valence-electron chi connectivity index (χ1n) is 11.0. The number of fused-ring (bicyclic) bond motifs is 1. The van der Waals surface area contributed by atoms with Crippen LogP contribution in [0.2, 0.25) is 0 Å². The third-order valence-electron chi connectivity index (χ3n) is 6.14. The summed E-state index contributed by atoms with van der Waals surface area (Å²) in [5.74, 6) is 0.187. The molecule has 5 rings (SSSR count). The van der Waals surface area contributed by atoms with E-state index in [-0.39, 0.29) is 11.4 Å². The van der Waals surface area contributed by atoms with Gasteiger partial charge in [-0.05, 0) is 28.8 Å². The van der Waals surface area contributed by atoms with Crippen molar-refractivity contribution in [3.8, 4) is 16.9 Å². The summed E-state index contributed by atoms with van der Waals surface area (Å²) in [6.45, 7) is 5.45. The first kappa shape index (κ1) is 20.5. The molecule has 32 heavy (non-hydrogen) atoms. The standard InChI is InChI=1S/C27H26N2O3/c30-25-16-24-22(15-27(31)32-26(24)17-23(25)21-9-5-2-6-10-21)19-29-13-11-28(12-14-29)18-20-7-3-1-4-8-20/h1-10,15-17,30H,11-14,18-19H2. The molecule has 1 aromatic heterocycles. The fourth-order valence-corrected chi connectivity index (χ4v) is 4.43. The molecule has 162 valence electrons. The lowest BCUT2D eigenvalue weighted by atomic mass is 10.0. The van der Waals surface area contributed by atoms with Gasteiger partial charge in [0.1, 0.15) is 11.3 Å². The highest BCUT2D eigenvalue weighted by molar-refractivity contribution is 5.88. The molecule has 0 unspecified atom stereocenters. The topological polar surface area (TPSA) is 56.9 Å². The molecule has 3 aromatic carbocycles. The second-order valence-electron chi connectivity index (χ2n) is 8.36. The van der Waals surface area contributed by atoms with Gasteiger partial charge >= 0.3 is 5.63 Å². The van der Waals surface area contributed by atoms with Crippen molar-refractivity contribution >= 4 is 11.0 Å². The van der Waals surface area contributed by atoms with Crippen molar-refractivity contribution in [3.05, 3.63) is 100 Å². The van der Waals surface area contributed by atoms with E-state index in [4.69, 9.17) is 4.42 Å². The number of hydrogen-bond acceptors (Lipinski definition) is 5. The summed E-state index contributed by atoms with van der Waals surface area (Å²) in [6, 6.07) is 25.2. The maximum atomic E-state index is 12.3. The SMILES string of the molecule is O=c1cc(CN2CCN(Cc3ccccc3)CC2)c2cc(O)c(-c3ccccc3)cc2o1. The zero-order valence-electron chi connectivity index (χ0n) is 17.9. The lowest BCUT2D eigenvalue weighted by Gasteiger charge is -2.34. The first-order valence-corrected chi connectivity index (χ1v) is 11.0. The molecule has 0 aliphatic carbocycles. The molecule has 5 nitrogen and oxygen atoms in total. The molecule has 1 aliphatic heterocycles. The summed E-state index contributed by atoms with van der Waals surface area (Å²) in [6.07, 6.45) is 0. The van der Waals surface area contributed by atoms with Gasteiger partial charge in [0.2, 0.25) is 0 Å². The van der Waals surface area contributed by atoms with Crippen molar-refractivity contribution in [2.75, 3.05) is 26.2 Å². The molecule has 0 saturated carbocycles. The van der Waals surface area contributed by atoms with Gasteiger partial charge < -0.3 is 9.52 Å². The van der Waals surface area contributed by atoms with Crippen LogP contribution in [0, 0.1) is 0 Å². The Labute approximate surface area is 187 Å². The third kappa shape index (κ3) is 4.44. The van der Waals surface area contributed by atoms with E-state index in [2.05, 4.69) is 34.1 Å². The first-order chi connectivity index (χ1) is 15.7. The number of phenolic OH excluding ortho intramolecular Hbond substituents is 1. The minimum Gasteiger partial charge on any atom is -0.507 e. The zero-order chi connectivity index (χ0) is 21.9.